The molecule has 12 heavy (non-hydrogen) atoms. The van der Waals surface area contributed by atoms with Crippen LogP contribution >= 0.6 is 0 Å². The molecule has 70 valence electrons. The van der Waals surface area contributed by atoms with E-state index in [1.165, 1.54) is 19.4 Å². The van der Waals surface area contributed by atoms with Crippen LogP contribution in [0.2, 0.25) is 0 Å². The van der Waals surface area contributed by atoms with Gasteiger partial charge in [-0.15, -0.1) is 0 Å². The molecule has 0 bridgehead atoms. The molecule has 0 aromatic carbocycles. The molecule has 1 aliphatic heterocycles. The number of likely N-dealkylation sites (tertiary alicyclic amines) is 1. The molecule has 1 spiro atoms. The largest absolute Gasteiger partial charge is 0.326 e. The predicted octanol–water partition coefficient (Wildman–Crippen LogP) is 1.21. The normalized spacial score (nSPS) is 34.5. The van der Waals surface area contributed by atoms with Crippen LogP contribution in [0.3, 0.4) is 0 Å². The SMILES string of the molecule is CC(C)(C)N1C[C@H](N)C2(CC2)C1. The second-order valence-corrected chi connectivity index (χ2v) is 5.52. The molecule has 1 saturated carbocycles. The van der Waals surface area contributed by atoms with Crippen LogP contribution in [0, 0.1) is 5.41 Å². The molecule has 0 aromatic heterocycles. The molecular weight excluding hydrogens is 148 g/mol. The summed E-state index contributed by atoms with van der Waals surface area (Å²) in [4.78, 5) is 2.53. The maximum absolute atomic E-state index is 6.12. The molecule has 2 fully saturated rings. The van der Waals surface area contributed by atoms with Gasteiger partial charge in [-0.1, -0.05) is 0 Å². The first-order chi connectivity index (χ1) is 5.44. The summed E-state index contributed by atoms with van der Waals surface area (Å²) in [6.45, 7) is 9.17. The van der Waals surface area contributed by atoms with Crippen LogP contribution in [0.1, 0.15) is 33.6 Å². The minimum absolute atomic E-state index is 0.309. The maximum atomic E-state index is 6.12. The second kappa shape index (κ2) is 2.24. The minimum Gasteiger partial charge on any atom is -0.326 e. The van der Waals surface area contributed by atoms with Crippen LogP contribution in [-0.4, -0.2) is 29.6 Å². The lowest BCUT2D eigenvalue weighted by atomic mass is 10.0. The highest BCUT2D eigenvalue weighted by atomic mass is 15.2. The van der Waals surface area contributed by atoms with Crippen LogP contribution in [0.5, 0.6) is 0 Å². The highest BCUT2D eigenvalue weighted by Gasteiger charge is 2.54. The molecule has 0 unspecified atom stereocenters. The van der Waals surface area contributed by atoms with E-state index in [-0.39, 0.29) is 0 Å². The Morgan fingerprint density at radius 2 is 1.92 bits per heavy atom. The Kier molecular flexibility index (Phi) is 1.59. The van der Waals surface area contributed by atoms with Crippen LogP contribution in [-0.2, 0) is 0 Å². The summed E-state index contributed by atoms with van der Waals surface area (Å²) in [5, 5.41) is 0. The summed E-state index contributed by atoms with van der Waals surface area (Å²) in [7, 11) is 0. The van der Waals surface area contributed by atoms with Crippen molar-refractivity contribution in [2.75, 3.05) is 13.1 Å². The topological polar surface area (TPSA) is 29.3 Å². The predicted molar refractivity (Wildman–Crippen MR) is 51.0 cm³/mol. The quantitative estimate of drug-likeness (QED) is 0.589. The van der Waals surface area contributed by atoms with Gasteiger partial charge in [-0.05, 0) is 39.0 Å². The zero-order chi connectivity index (χ0) is 8.98. The molecule has 1 aliphatic carbocycles. The molecule has 0 amide bonds. The summed E-state index contributed by atoms with van der Waals surface area (Å²) in [5.74, 6) is 0. The molecule has 2 heteroatoms. The van der Waals surface area contributed by atoms with E-state index in [4.69, 9.17) is 5.73 Å². The Labute approximate surface area is 75.1 Å². The van der Waals surface area contributed by atoms with Crippen molar-refractivity contribution in [2.24, 2.45) is 11.1 Å². The molecular formula is C10H20N2. The monoisotopic (exact) mass is 168 g/mol. The number of nitrogens with zero attached hydrogens (tertiary/aromatic N) is 1. The van der Waals surface area contributed by atoms with E-state index in [9.17, 15) is 0 Å². The van der Waals surface area contributed by atoms with Gasteiger partial charge >= 0.3 is 0 Å². The first kappa shape index (κ1) is 8.52. The first-order valence-corrected chi connectivity index (χ1v) is 4.95. The Bertz CT molecular complexity index is 189. The Morgan fingerprint density at radius 3 is 2.17 bits per heavy atom. The molecule has 2 N–H and O–H groups in total. The number of rotatable bonds is 0. The second-order valence-electron chi connectivity index (χ2n) is 5.52. The fourth-order valence-electron chi connectivity index (χ4n) is 2.19. The molecule has 2 aliphatic rings. The molecule has 1 saturated heterocycles. The van der Waals surface area contributed by atoms with Crippen molar-refractivity contribution >= 4 is 0 Å². The summed E-state index contributed by atoms with van der Waals surface area (Å²) in [6.07, 6.45) is 2.72. The van der Waals surface area contributed by atoms with Crippen molar-refractivity contribution in [3.05, 3.63) is 0 Å². The van der Waals surface area contributed by atoms with Crippen LogP contribution < -0.4 is 5.73 Å². The first-order valence-electron chi connectivity index (χ1n) is 4.95. The molecule has 1 heterocycles. The van der Waals surface area contributed by atoms with E-state index in [0.29, 0.717) is 17.0 Å². The minimum atomic E-state index is 0.309. The van der Waals surface area contributed by atoms with E-state index in [1.807, 2.05) is 0 Å². The highest BCUT2D eigenvalue weighted by Crippen LogP contribution is 2.53. The average molecular weight is 168 g/mol. The summed E-state index contributed by atoms with van der Waals surface area (Å²) in [5.41, 5.74) is 6.96. The third-order valence-electron chi connectivity index (χ3n) is 3.55. The van der Waals surface area contributed by atoms with Crippen LogP contribution in [0.25, 0.3) is 0 Å². The summed E-state index contributed by atoms with van der Waals surface area (Å²) >= 11 is 0. The van der Waals surface area contributed by atoms with Gasteiger partial charge in [0.15, 0.2) is 0 Å². The van der Waals surface area contributed by atoms with Crippen LogP contribution in [0.4, 0.5) is 0 Å². The fraction of sp³-hybridized carbons (Fsp3) is 1.00. The van der Waals surface area contributed by atoms with Crippen molar-refractivity contribution in [3.63, 3.8) is 0 Å². The lowest BCUT2D eigenvalue weighted by Crippen LogP contribution is -2.40. The Hall–Kier alpha value is -0.0800. The van der Waals surface area contributed by atoms with Gasteiger partial charge < -0.3 is 5.73 Å². The van der Waals surface area contributed by atoms with E-state index in [2.05, 4.69) is 25.7 Å². The zero-order valence-corrected chi connectivity index (χ0v) is 8.43. The van der Waals surface area contributed by atoms with Crippen LogP contribution in [0.15, 0.2) is 0 Å². The Morgan fingerprint density at radius 1 is 1.33 bits per heavy atom. The van der Waals surface area contributed by atoms with Crippen molar-refractivity contribution in [3.8, 4) is 0 Å². The van der Waals surface area contributed by atoms with Crippen molar-refractivity contribution in [2.45, 2.75) is 45.2 Å². The summed E-state index contributed by atoms with van der Waals surface area (Å²) < 4.78 is 0. The summed E-state index contributed by atoms with van der Waals surface area (Å²) in [6, 6.07) is 0.441. The standard InChI is InChI=1S/C10H20N2/c1-9(2,3)12-6-8(11)10(7-12)4-5-10/h8H,4-7,11H2,1-3H3/t8-/m0/s1. The molecule has 0 aromatic rings. The van der Waals surface area contributed by atoms with Gasteiger partial charge in [0.1, 0.15) is 0 Å². The fourth-order valence-corrected chi connectivity index (χ4v) is 2.19. The third-order valence-corrected chi connectivity index (χ3v) is 3.55. The smallest absolute Gasteiger partial charge is 0.0237 e. The number of hydrogen-bond donors (Lipinski definition) is 1. The van der Waals surface area contributed by atoms with Gasteiger partial charge in [0.2, 0.25) is 0 Å². The van der Waals surface area contributed by atoms with Gasteiger partial charge in [0, 0.05) is 24.7 Å². The van der Waals surface area contributed by atoms with Gasteiger partial charge in [-0.2, -0.15) is 0 Å². The average Bonchev–Trinajstić information content (AvgIpc) is 2.57. The van der Waals surface area contributed by atoms with Crippen molar-refractivity contribution in [1.82, 2.24) is 4.90 Å². The van der Waals surface area contributed by atoms with E-state index in [1.54, 1.807) is 0 Å². The van der Waals surface area contributed by atoms with Crippen molar-refractivity contribution < 1.29 is 0 Å². The molecule has 2 rings (SSSR count). The van der Waals surface area contributed by atoms with Gasteiger partial charge in [0.05, 0.1) is 0 Å². The highest BCUT2D eigenvalue weighted by molar-refractivity contribution is 5.10. The van der Waals surface area contributed by atoms with Gasteiger partial charge in [-0.3, -0.25) is 4.90 Å². The molecule has 1 atom stereocenters. The van der Waals surface area contributed by atoms with E-state index in [0.717, 1.165) is 6.54 Å². The third kappa shape index (κ3) is 1.17. The lowest BCUT2D eigenvalue weighted by molar-refractivity contribution is 0.165. The molecule has 0 radical (unpaired) electrons. The molecule has 2 nitrogen and oxygen atoms in total. The zero-order valence-electron chi connectivity index (χ0n) is 8.43. The van der Waals surface area contributed by atoms with E-state index < -0.39 is 0 Å². The van der Waals surface area contributed by atoms with E-state index >= 15 is 0 Å². The maximum Gasteiger partial charge on any atom is 0.0237 e. The van der Waals surface area contributed by atoms with Gasteiger partial charge in [-0.25, -0.2) is 0 Å². The number of nitrogens with two attached hydrogens (primary N) is 1. The number of hydrogen-bond acceptors (Lipinski definition) is 2. The van der Waals surface area contributed by atoms with Gasteiger partial charge in [0.25, 0.3) is 0 Å². The van der Waals surface area contributed by atoms with Crippen molar-refractivity contribution in [1.29, 1.82) is 0 Å². The Balaban J connectivity index is 2.06. The lowest BCUT2D eigenvalue weighted by Gasteiger charge is -2.31.